The standard InChI is InChI=1S/C11H18N2/c1-4-11(2,3)8-5-6-9(12)10(13)7-8/h5-7H,4,12-13H2,1-3H3. The first kappa shape index (κ1) is 9.90. The van der Waals surface area contributed by atoms with Crippen LogP contribution in [0.25, 0.3) is 0 Å². The van der Waals surface area contributed by atoms with Gasteiger partial charge in [-0.15, -0.1) is 0 Å². The molecule has 1 aromatic rings. The molecule has 4 N–H and O–H groups in total. The predicted molar refractivity (Wildman–Crippen MR) is 58.6 cm³/mol. The van der Waals surface area contributed by atoms with Crippen molar-refractivity contribution >= 4 is 11.4 Å². The largest absolute Gasteiger partial charge is 0.397 e. The number of hydrogen-bond donors (Lipinski definition) is 2. The topological polar surface area (TPSA) is 52.0 Å². The number of anilines is 2. The van der Waals surface area contributed by atoms with E-state index in [1.807, 2.05) is 12.1 Å². The SMILES string of the molecule is CCC(C)(C)c1ccc(N)c(N)c1. The molecule has 2 nitrogen and oxygen atoms in total. The molecule has 0 aliphatic heterocycles. The molecule has 0 atom stereocenters. The minimum atomic E-state index is 0.182. The molecule has 13 heavy (non-hydrogen) atoms. The van der Waals surface area contributed by atoms with Crippen LogP contribution in [0.5, 0.6) is 0 Å². The lowest BCUT2D eigenvalue weighted by Gasteiger charge is -2.23. The maximum Gasteiger partial charge on any atom is 0.0550 e. The van der Waals surface area contributed by atoms with Gasteiger partial charge >= 0.3 is 0 Å². The maximum atomic E-state index is 5.75. The van der Waals surface area contributed by atoms with Crippen molar-refractivity contribution in [1.29, 1.82) is 0 Å². The summed E-state index contributed by atoms with van der Waals surface area (Å²) in [7, 11) is 0. The van der Waals surface area contributed by atoms with E-state index >= 15 is 0 Å². The van der Waals surface area contributed by atoms with Crippen LogP contribution in [0.1, 0.15) is 32.8 Å². The van der Waals surface area contributed by atoms with E-state index in [1.165, 1.54) is 5.56 Å². The molecule has 1 rings (SSSR count). The second kappa shape index (κ2) is 3.29. The minimum absolute atomic E-state index is 0.182. The smallest absolute Gasteiger partial charge is 0.0550 e. The summed E-state index contributed by atoms with van der Waals surface area (Å²) in [6.45, 7) is 6.59. The van der Waals surface area contributed by atoms with E-state index in [0.717, 1.165) is 6.42 Å². The lowest BCUT2D eigenvalue weighted by molar-refractivity contribution is 0.506. The highest BCUT2D eigenvalue weighted by Gasteiger charge is 2.18. The number of hydrogen-bond acceptors (Lipinski definition) is 2. The highest BCUT2D eigenvalue weighted by atomic mass is 14.7. The molecule has 0 spiro atoms. The first-order valence-electron chi connectivity index (χ1n) is 4.63. The van der Waals surface area contributed by atoms with Crippen molar-refractivity contribution in [2.45, 2.75) is 32.6 Å². The molecule has 0 bridgehead atoms. The van der Waals surface area contributed by atoms with Gasteiger partial charge < -0.3 is 11.5 Å². The molecule has 0 aliphatic rings. The Hall–Kier alpha value is -1.18. The lowest BCUT2D eigenvalue weighted by atomic mass is 9.82. The minimum Gasteiger partial charge on any atom is -0.397 e. The lowest BCUT2D eigenvalue weighted by Crippen LogP contribution is -2.15. The highest BCUT2D eigenvalue weighted by Crippen LogP contribution is 2.29. The van der Waals surface area contributed by atoms with Crippen LogP contribution in [0.2, 0.25) is 0 Å². The average Bonchev–Trinajstić information content (AvgIpc) is 2.09. The van der Waals surface area contributed by atoms with E-state index in [4.69, 9.17) is 11.5 Å². The molecule has 0 fully saturated rings. The van der Waals surface area contributed by atoms with Crippen LogP contribution in [0.15, 0.2) is 18.2 Å². The zero-order valence-electron chi connectivity index (χ0n) is 8.59. The first-order chi connectivity index (χ1) is 5.97. The van der Waals surface area contributed by atoms with Crippen LogP contribution in [0.4, 0.5) is 11.4 Å². The Morgan fingerprint density at radius 2 is 1.77 bits per heavy atom. The Kier molecular flexibility index (Phi) is 2.50. The van der Waals surface area contributed by atoms with Crippen LogP contribution >= 0.6 is 0 Å². The highest BCUT2D eigenvalue weighted by molar-refractivity contribution is 5.64. The fraction of sp³-hybridized carbons (Fsp3) is 0.455. The van der Waals surface area contributed by atoms with E-state index in [1.54, 1.807) is 0 Å². The molecule has 0 aliphatic carbocycles. The van der Waals surface area contributed by atoms with Gasteiger partial charge in [0.05, 0.1) is 11.4 Å². The molecule has 0 radical (unpaired) electrons. The third kappa shape index (κ3) is 1.94. The molecule has 0 amide bonds. The van der Waals surface area contributed by atoms with Crippen LogP contribution in [-0.2, 0) is 5.41 Å². The summed E-state index contributed by atoms with van der Waals surface area (Å²) < 4.78 is 0. The van der Waals surface area contributed by atoms with E-state index < -0.39 is 0 Å². The number of nitrogen functional groups attached to an aromatic ring is 2. The van der Waals surface area contributed by atoms with E-state index in [2.05, 4.69) is 26.8 Å². The van der Waals surface area contributed by atoms with Crippen LogP contribution in [-0.4, -0.2) is 0 Å². The normalized spacial score (nSPS) is 11.6. The quantitative estimate of drug-likeness (QED) is 0.684. The molecule has 0 saturated carbocycles. The van der Waals surface area contributed by atoms with Gasteiger partial charge in [-0.05, 0) is 29.5 Å². The summed E-state index contributed by atoms with van der Waals surface area (Å²) in [4.78, 5) is 0. The third-order valence-electron chi connectivity index (χ3n) is 2.75. The molecule has 0 unspecified atom stereocenters. The average molecular weight is 178 g/mol. The van der Waals surface area contributed by atoms with Gasteiger partial charge in [0.2, 0.25) is 0 Å². The van der Waals surface area contributed by atoms with Crippen molar-refractivity contribution in [3.05, 3.63) is 23.8 Å². The van der Waals surface area contributed by atoms with Crippen molar-refractivity contribution in [2.24, 2.45) is 0 Å². The van der Waals surface area contributed by atoms with Gasteiger partial charge in [0.1, 0.15) is 0 Å². The summed E-state index contributed by atoms with van der Waals surface area (Å²) in [5, 5.41) is 0. The Morgan fingerprint density at radius 1 is 1.15 bits per heavy atom. The fourth-order valence-electron chi connectivity index (χ4n) is 1.20. The zero-order valence-corrected chi connectivity index (χ0v) is 8.59. The third-order valence-corrected chi connectivity index (χ3v) is 2.75. The Labute approximate surface area is 79.9 Å². The van der Waals surface area contributed by atoms with Gasteiger partial charge in [-0.1, -0.05) is 26.8 Å². The fourth-order valence-corrected chi connectivity index (χ4v) is 1.20. The second-order valence-corrected chi connectivity index (χ2v) is 4.08. The Balaban J connectivity index is 3.10. The van der Waals surface area contributed by atoms with Crippen molar-refractivity contribution in [3.8, 4) is 0 Å². The van der Waals surface area contributed by atoms with E-state index in [-0.39, 0.29) is 5.41 Å². The van der Waals surface area contributed by atoms with Crippen LogP contribution in [0, 0.1) is 0 Å². The molecule has 0 saturated heterocycles. The molecule has 1 aromatic carbocycles. The number of nitrogens with two attached hydrogens (primary N) is 2. The van der Waals surface area contributed by atoms with Crippen LogP contribution < -0.4 is 11.5 Å². The van der Waals surface area contributed by atoms with Gasteiger partial charge in [0.15, 0.2) is 0 Å². The summed E-state index contributed by atoms with van der Waals surface area (Å²) in [6.07, 6.45) is 1.09. The summed E-state index contributed by atoms with van der Waals surface area (Å²) in [5.74, 6) is 0. The molecule has 72 valence electrons. The van der Waals surface area contributed by atoms with Gasteiger partial charge in [-0.25, -0.2) is 0 Å². The van der Waals surface area contributed by atoms with Gasteiger partial charge in [0, 0.05) is 0 Å². The van der Waals surface area contributed by atoms with Crippen LogP contribution in [0.3, 0.4) is 0 Å². The van der Waals surface area contributed by atoms with Gasteiger partial charge in [-0.3, -0.25) is 0 Å². The first-order valence-corrected chi connectivity index (χ1v) is 4.63. The summed E-state index contributed by atoms with van der Waals surface area (Å²) >= 11 is 0. The number of benzene rings is 1. The monoisotopic (exact) mass is 178 g/mol. The zero-order chi connectivity index (χ0) is 10.1. The molecular formula is C11H18N2. The van der Waals surface area contributed by atoms with Crippen molar-refractivity contribution < 1.29 is 0 Å². The Morgan fingerprint density at radius 3 is 2.23 bits per heavy atom. The summed E-state index contributed by atoms with van der Waals surface area (Å²) in [6, 6.07) is 5.90. The second-order valence-electron chi connectivity index (χ2n) is 4.08. The van der Waals surface area contributed by atoms with Gasteiger partial charge in [-0.2, -0.15) is 0 Å². The van der Waals surface area contributed by atoms with Crippen molar-refractivity contribution in [2.75, 3.05) is 11.5 Å². The number of rotatable bonds is 2. The molecular weight excluding hydrogens is 160 g/mol. The van der Waals surface area contributed by atoms with E-state index in [9.17, 15) is 0 Å². The predicted octanol–water partition coefficient (Wildman–Crippen LogP) is 2.54. The Bertz CT molecular complexity index is 303. The van der Waals surface area contributed by atoms with E-state index in [0.29, 0.717) is 11.4 Å². The molecule has 0 heterocycles. The maximum absolute atomic E-state index is 5.75. The molecule has 2 heteroatoms. The summed E-state index contributed by atoms with van der Waals surface area (Å²) in [5.41, 5.74) is 14.2. The van der Waals surface area contributed by atoms with Gasteiger partial charge in [0.25, 0.3) is 0 Å². The van der Waals surface area contributed by atoms with Crippen molar-refractivity contribution in [3.63, 3.8) is 0 Å². The molecule has 0 aromatic heterocycles. The van der Waals surface area contributed by atoms with Crippen molar-refractivity contribution in [1.82, 2.24) is 0 Å².